The van der Waals surface area contributed by atoms with Crippen LogP contribution in [0.15, 0.2) is 0 Å². The first-order valence-corrected chi connectivity index (χ1v) is 9.00. The van der Waals surface area contributed by atoms with E-state index in [1.165, 1.54) is 0 Å². The van der Waals surface area contributed by atoms with E-state index in [1.807, 2.05) is 0 Å². The second-order valence-electron chi connectivity index (χ2n) is 4.91. The van der Waals surface area contributed by atoms with Crippen LogP contribution in [0.5, 0.6) is 0 Å². The van der Waals surface area contributed by atoms with Crippen molar-refractivity contribution in [2.45, 2.75) is 38.9 Å². The molecule has 1 spiro atoms. The van der Waals surface area contributed by atoms with Crippen LogP contribution in [0, 0.1) is 0 Å². The van der Waals surface area contributed by atoms with E-state index in [0.717, 1.165) is 0 Å². The van der Waals surface area contributed by atoms with Gasteiger partial charge in [0, 0.05) is 0 Å². The molecule has 26 heavy (non-hydrogen) atoms. The van der Waals surface area contributed by atoms with Crippen LogP contribution >= 0.6 is 0 Å². The molecule has 0 N–H and O–H groups in total. The second-order valence-corrected chi connectivity index (χ2v) is 6.96. The summed E-state index contributed by atoms with van der Waals surface area (Å²) in [5.41, 5.74) is 0. The van der Waals surface area contributed by atoms with Gasteiger partial charge in [0.2, 0.25) is 0 Å². The number of fused-ring (bicyclic) bond motifs is 4. The molecular formula is C10H14O15Si. The monoisotopic (exact) mass is 402 g/mol. The SMILES string of the molecule is C1OC2OC3OCO[Si]45OCOC(O2)OC(OCOC(OC(O1)O3)O4)O5. The highest BCUT2D eigenvalue weighted by Crippen LogP contribution is 2.29. The van der Waals surface area contributed by atoms with E-state index in [4.69, 9.17) is 69.8 Å². The molecule has 6 heterocycles. The molecule has 6 saturated heterocycles. The van der Waals surface area contributed by atoms with Gasteiger partial charge in [-0.2, -0.15) is 0 Å². The van der Waals surface area contributed by atoms with E-state index in [9.17, 15) is 0 Å². The van der Waals surface area contributed by atoms with Crippen LogP contribution in [-0.2, 0) is 69.8 Å². The molecule has 16 heteroatoms. The molecule has 7 bridgehead atoms. The number of hydrogen-bond donors (Lipinski definition) is 0. The first kappa shape index (κ1) is 17.7. The van der Waals surface area contributed by atoms with Gasteiger partial charge in [-0.05, 0) is 0 Å². The fourth-order valence-electron chi connectivity index (χ4n) is 2.16. The maximum atomic E-state index is 5.60. The summed E-state index contributed by atoms with van der Waals surface area (Å²) < 4.78 is 80.9. The van der Waals surface area contributed by atoms with E-state index in [-0.39, 0.29) is 20.4 Å². The summed E-state index contributed by atoms with van der Waals surface area (Å²) in [5, 5.41) is 0. The molecule has 15 nitrogen and oxygen atoms in total. The summed E-state index contributed by atoms with van der Waals surface area (Å²) in [4.78, 5) is 0. The number of ether oxygens (including phenoxy) is 11. The molecule has 148 valence electrons. The topological polar surface area (TPSA) is 138 Å². The maximum absolute atomic E-state index is 5.60. The van der Waals surface area contributed by atoms with Crippen LogP contribution < -0.4 is 0 Å². The zero-order chi connectivity index (χ0) is 17.4. The molecule has 6 rings (SSSR count). The molecule has 6 aliphatic rings. The number of rotatable bonds is 0. The van der Waals surface area contributed by atoms with Gasteiger partial charge in [-0.1, -0.05) is 0 Å². The summed E-state index contributed by atoms with van der Waals surface area (Å²) in [6.45, 7) is -9.71. The van der Waals surface area contributed by atoms with Gasteiger partial charge in [-0.25, -0.2) is 0 Å². The molecule has 0 aliphatic carbocycles. The Kier molecular flexibility index (Phi) is 5.15. The predicted octanol–water partition coefficient (Wildman–Crippen LogP) is -1.73. The van der Waals surface area contributed by atoms with Crippen LogP contribution in [0.1, 0.15) is 0 Å². The van der Waals surface area contributed by atoms with Crippen molar-refractivity contribution in [1.29, 1.82) is 0 Å². The van der Waals surface area contributed by atoms with E-state index in [1.54, 1.807) is 0 Å². The molecular weight excluding hydrogens is 388 g/mol. The fourth-order valence-corrected chi connectivity index (χ4v) is 3.72. The largest absolute Gasteiger partial charge is 0.690 e. The number of hydrogen-bond acceptors (Lipinski definition) is 15. The molecule has 7 unspecified atom stereocenters. The van der Waals surface area contributed by atoms with Crippen LogP contribution in [0.4, 0.5) is 0 Å². The van der Waals surface area contributed by atoms with Crippen LogP contribution in [0.3, 0.4) is 0 Å². The first-order valence-electron chi connectivity index (χ1n) is 7.37. The van der Waals surface area contributed by atoms with Crippen LogP contribution in [0.25, 0.3) is 0 Å². The van der Waals surface area contributed by atoms with Crippen molar-refractivity contribution in [2.75, 3.05) is 27.2 Å². The molecule has 0 aromatic carbocycles. The van der Waals surface area contributed by atoms with Gasteiger partial charge in [0.25, 0.3) is 38.9 Å². The summed E-state index contributed by atoms with van der Waals surface area (Å²) in [6, 6.07) is 0. The lowest BCUT2D eigenvalue weighted by Gasteiger charge is -2.41. The maximum Gasteiger partial charge on any atom is 0.690 e. The molecule has 0 saturated carbocycles. The van der Waals surface area contributed by atoms with E-state index in [2.05, 4.69) is 0 Å². The van der Waals surface area contributed by atoms with Crippen molar-refractivity contribution >= 4 is 9.05 Å². The molecule has 6 fully saturated rings. The molecule has 0 radical (unpaired) electrons. The lowest BCUT2D eigenvalue weighted by Crippen LogP contribution is -2.61. The van der Waals surface area contributed by atoms with Gasteiger partial charge < -0.3 is 37.3 Å². The van der Waals surface area contributed by atoms with Gasteiger partial charge in [-0.3, -0.25) is 32.5 Å². The predicted molar refractivity (Wildman–Crippen MR) is 64.2 cm³/mol. The lowest BCUT2D eigenvalue weighted by molar-refractivity contribution is -0.551. The van der Waals surface area contributed by atoms with E-state index in [0.29, 0.717) is 0 Å². The highest BCUT2D eigenvalue weighted by atomic mass is 28.4. The lowest BCUT2D eigenvalue weighted by atomic mass is 11.0. The highest BCUT2D eigenvalue weighted by molar-refractivity contribution is 6.53. The van der Waals surface area contributed by atoms with Crippen molar-refractivity contribution in [3.05, 3.63) is 0 Å². The second kappa shape index (κ2) is 7.56. The molecule has 0 aromatic rings. The van der Waals surface area contributed by atoms with Crippen molar-refractivity contribution in [2.24, 2.45) is 0 Å². The molecule has 0 aromatic heterocycles. The van der Waals surface area contributed by atoms with Gasteiger partial charge >= 0.3 is 9.05 Å². The Hall–Kier alpha value is -0.383. The van der Waals surface area contributed by atoms with Crippen LogP contribution in [-0.4, -0.2) is 75.1 Å². The molecule has 7 atom stereocenters. The Bertz CT molecular complexity index is 493. The standard InChI is InChI=1S/C10H14O15Si/c1-11-5-19-7-15-3-17-26-18-4-16-8(20-5)23-10(25-26)14-2-13-9(24-26)22-6(12-1)21-7/h5-10H,1-4H2. The zero-order valence-corrected chi connectivity index (χ0v) is 13.9. The van der Waals surface area contributed by atoms with Crippen molar-refractivity contribution in [3.63, 3.8) is 0 Å². The third kappa shape index (κ3) is 3.91. The Labute approximate surface area is 146 Å². The Morgan fingerprint density at radius 3 is 1.23 bits per heavy atom. The first-order chi connectivity index (χ1) is 12.8. The fraction of sp³-hybridized carbons (Fsp3) is 1.00. The average molecular weight is 402 g/mol. The third-order valence-corrected chi connectivity index (χ3v) is 5.19. The van der Waals surface area contributed by atoms with E-state index >= 15 is 0 Å². The van der Waals surface area contributed by atoms with Crippen molar-refractivity contribution < 1.29 is 69.8 Å². The molecule has 0 amide bonds. The van der Waals surface area contributed by atoms with Crippen molar-refractivity contribution in [1.82, 2.24) is 0 Å². The smallest absolute Gasteiger partial charge is 0.326 e. The summed E-state index contributed by atoms with van der Waals surface area (Å²) in [5.74, 6) is 0. The van der Waals surface area contributed by atoms with Gasteiger partial charge in [0.1, 0.15) is 13.6 Å². The third-order valence-electron chi connectivity index (χ3n) is 3.29. The van der Waals surface area contributed by atoms with Crippen molar-refractivity contribution in [3.8, 4) is 0 Å². The minimum absolute atomic E-state index is 0.326. The average Bonchev–Trinajstić information content (AvgIpc) is 2.54. The Morgan fingerprint density at radius 1 is 0.423 bits per heavy atom. The Morgan fingerprint density at radius 2 is 0.769 bits per heavy atom. The normalized spacial score (nSPS) is 49.8. The minimum atomic E-state index is -3.98. The zero-order valence-electron chi connectivity index (χ0n) is 12.9. The summed E-state index contributed by atoms with van der Waals surface area (Å²) >= 11 is 0. The van der Waals surface area contributed by atoms with Gasteiger partial charge in [-0.15, -0.1) is 0 Å². The Balaban J connectivity index is 1.53. The van der Waals surface area contributed by atoms with Crippen LogP contribution in [0.2, 0.25) is 0 Å². The highest BCUT2D eigenvalue weighted by Gasteiger charge is 2.56. The summed E-state index contributed by atoms with van der Waals surface area (Å²) in [7, 11) is -3.98. The minimum Gasteiger partial charge on any atom is -0.326 e. The molecule has 6 aliphatic heterocycles. The van der Waals surface area contributed by atoms with E-state index < -0.39 is 54.7 Å². The van der Waals surface area contributed by atoms with Gasteiger partial charge in [0.15, 0.2) is 13.6 Å². The summed E-state index contributed by atoms with van der Waals surface area (Å²) in [6.07, 6.45) is 0. The quantitative estimate of drug-likeness (QED) is 0.424. The van der Waals surface area contributed by atoms with Gasteiger partial charge in [0.05, 0.1) is 0 Å².